The van der Waals surface area contributed by atoms with Crippen molar-refractivity contribution in [2.75, 3.05) is 46.6 Å². The Hall–Kier alpha value is -0.810. The Morgan fingerprint density at radius 1 is 1.22 bits per heavy atom. The normalized spacial score (nSPS) is 15.8. The number of methoxy groups -OCH3 is 1. The maximum atomic E-state index is 5.40. The zero-order valence-corrected chi connectivity index (χ0v) is 11.7. The molecular weight excluding hydrogens is 230 g/mol. The lowest BCUT2D eigenvalue weighted by molar-refractivity contribution is 0.0698. The van der Waals surface area contributed by atoms with Crippen LogP contribution in [-0.4, -0.2) is 52.5 Å². The molecule has 0 atom stereocenters. The number of hydrogen-bond donors (Lipinski definition) is 2. The predicted octanol–water partition coefficient (Wildman–Crippen LogP) is 1.00. The Kier molecular flexibility index (Phi) is 8.59. The van der Waals surface area contributed by atoms with Crippen LogP contribution >= 0.6 is 0 Å². The van der Waals surface area contributed by atoms with E-state index in [0.29, 0.717) is 13.2 Å². The van der Waals surface area contributed by atoms with Crippen LogP contribution in [0.5, 0.6) is 0 Å². The van der Waals surface area contributed by atoms with Crippen LogP contribution < -0.4 is 10.6 Å². The fraction of sp³-hybridized carbons (Fsp3) is 0.923. The zero-order chi connectivity index (χ0) is 13.1. The smallest absolute Gasteiger partial charge is 0.191 e. The molecule has 0 aliphatic heterocycles. The standard InChI is InChI=1S/C13H27N3O2/c1-3-14-13(16-11-12-5-6-12)15-7-4-8-18-10-9-17-2/h12H,3-11H2,1-2H3,(H2,14,15,16). The molecule has 1 aliphatic rings. The summed E-state index contributed by atoms with van der Waals surface area (Å²) in [5.41, 5.74) is 0. The molecule has 1 saturated carbocycles. The lowest BCUT2D eigenvalue weighted by Crippen LogP contribution is -2.38. The van der Waals surface area contributed by atoms with Crippen LogP contribution in [0.15, 0.2) is 4.99 Å². The molecule has 0 bridgehead atoms. The van der Waals surface area contributed by atoms with Crippen molar-refractivity contribution in [3.8, 4) is 0 Å². The van der Waals surface area contributed by atoms with Gasteiger partial charge in [-0.05, 0) is 32.1 Å². The highest BCUT2D eigenvalue weighted by atomic mass is 16.5. The van der Waals surface area contributed by atoms with Crippen molar-refractivity contribution < 1.29 is 9.47 Å². The highest BCUT2D eigenvalue weighted by Crippen LogP contribution is 2.28. The summed E-state index contributed by atoms with van der Waals surface area (Å²) >= 11 is 0. The van der Waals surface area contributed by atoms with E-state index in [1.165, 1.54) is 12.8 Å². The van der Waals surface area contributed by atoms with Crippen molar-refractivity contribution in [2.45, 2.75) is 26.2 Å². The highest BCUT2D eigenvalue weighted by molar-refractivity contribution is 5.79. The topological polar surface area (TPSA) is 54.9 Å². The van der Waals surface area contributed by atoms with Crippen molar-refractivity contribution >= 4 is 5.96 Å². The highest BCUT2D eigenvalue weighted by Gasteiger charge is 2.20. The van der Waals surface area contributed by atoms with Crippen LogP contribution in [0.25, 0.3) is 0 Å². The van der Waals surface area contributed by atoms with Crippen LogP contribution in [0, 0.1) is 5.92 Å². The van der Waals surface area contributed by atoms with E-state index in [1.807, 2.05) is 0 Å². The second-order valence-electron chi connectivity index (χ2n) is 4.55. The zero-order valence-electron chi connectivity index (χ0n) is 11.7. The summed E-state index contributed by atoms with van der Waals surface area (Å²) in [6.45, 7) is 6.94. The van der Waals surface area contributed by atoms with E-state index in [2.05, 4.69) is 22.5 Å². The van der Waals surface area contributed by atoms with E-state index in [-0.39, 0.29) is 0 Å². The SMILES string of the molecule is CCNC(=NCC1CC1)NCCCOCCOC. The van der Waals surface area contributed by atoms with E-state index in [1.54, 1.807) is 7.11 Å². The fourth-order valence-corrected chi connectivity index (χ4v) is 1.49. The number of nitrogens with zero attached hydrogens (tertiary/aromatic N) is 1. The molecule has 1 fully saturated rings. The first kappa shape index (κ1) is 15.2. The largest absolute Gasteiger partial charge is 0.382 e. The molecule has 0 spiro atoms. The van der Waals surface area contributed by atoms with Crippen LogP contribution in [-0.2, 0) is 9.47 Å². The Morgan fingerprint density at radius 3 is 2.72 bits per heavy atom. The first-order valence-electron chi connectivity index (χ1n) is 6.95. The number of guanidine groups is 1. The van der Waals surface area contributed by atoms with Crippen molar-refractivity contribution in [1.29, 1.82) is 0 Å². The van der Waals surface area contributed by atoms with Gasteiger partial charge >= 0.3 is 0 Å². The third-order valence-corrected chi connectivity index (χ3v) is 2.74. The number of aliphatic imine (C=N–C) groups is 1. The maximum absolute atomic E-state index is 5.40. The molecule has 0 radical (unpaired) electrons. The van der Waals surface area contributed by atoms with E-state index >= 15 is 0 Å². The van der Waals surface area contributed by atoms with Crippen LogP contribution in [0.1, 0.15) is 26.2 Å². The van der Waals surface area contributed by atoms with Gasteiger partial charge in [-0.25, -0.2) is 0 Å². The third kappa shape index (κ3) is 8.31. The van der Waals surface area contributed by atoms with E-state index in [4.69, 9.17) is 9.47 Å². The van der Waals surface area contributed by atoms with Crippen molar-refractivity contribution in [3.05, 3.63) is 0 Å². The second kappa shape index (κ2) is 10.1. The van der Waals surface area contributed by atoms with Gasteiger partial charge in [-0.3, -0.25) is 4.99 Å². The number of nitrogens with one attached hydrogen (secondary N) is 2. The summed E-state index contributed by atoms with van der Waals surface area (Å²) in [6.07, 6.45) is 3.67. The van der Waals surface area contributed by atoms with Gasteiger partial charge in [0.2, 0.25) is 0 Å². The first-order chi connectivity index (χ1) is 8.86. The van der Waals surface area contributed by atoms with Crippen molar-refractivity contribution in [2.24, 2.45) is 10.9 Å². The summed E-state index contributed by atoms with van der Waals surface area (Å²) in [5.74, 6) is 1.76. The van der Waals surface area contributed by atoms with Crippen molar-refractivity contribution in [1.82, 2.24) is 10.6 Å². The van der Waals surface area contributed by atoms with E-state index in [0.717, 1.165) is 44.5 Å². The summed E-state index contributed by atoms with van der Waals surface area (Å²) in [4.78, 5) is 4.56. The van der Waals surface area contributed by atoms with Crippen molar-refractivity contribution in [3.63, 3.8) is 0 Å². The van der Waals surface area contributed by atoms with Crippen LogP contribution in [0.4, 0.5) is 0 Å². The van der Waals surface area contributed by atoms with E-state index < -0.39 is 0 Å². The van der Waals surface area contributed by atoms with Gasteiger partial charge in [0.15, 0.2) is 5.96 Å². The summed E-state index contributed by atoms with van der Waals surface area (Å²) in [6, 6.07) is 0. The molecule has 0 aromatic rings. The molecule has 5 heteroatoms. The average molecular weight is 257 g/mol. The van der Waals surface area contributed by atoms with Crippen LogP contribution in [0.2, 0.25) is 0 Å². The quantitative estimate of drug-likeness (QED) is 0.348. The lowest BCUT2D eigenvalue weighted by atomic mass is 10.4. The van der Waals surface area contributed by atoms with Gasteiger partial charge in [-0.2, -0.15) is 0 Å². The molecule has 0 aromatic carbocycles. The van der Waals surface area contributed by atoms with Crippen LogP contribution in [0.3, 0.4) is 0 Å². The van der Waals surface area contributed by atoms with Gasteiger partial charge in [-0.1, -0.05) is 0 Å². The number of ether oxygens (including phenoxy) is 2. The maximum Gasteiger partial charge on any atom is 0.191 e. The molecular formula is C13H27N3O2. The Morgan fingerprint density at radius 2 is 2.06 bits per heavy atom. The second-order valence-corrected chi connectivity index (χ2v) is 4.55. The van der Waals surface area contributed by atoms with Gasteiger partial charge in [0.1, 0.15) is 0 Å². The third-order valence-electron chi connectivity index (χ3n) is 2.74. The molecule has 106 valence electrons. The molecule has 0 amide bonds. The Labute approximate surface area is 110 Å². The number of hydrogen-bond acceptors (Lipinski definition) is 3. The average Bonchev–Trinajstić information content (AvgIpc) is 3.18. The molecule has 5 nitrogen and oxygen atoms in total. The first-order valence-corrected chi connectivity index (χ1v) is 6.95. The minimum atomic E-state index is 0.666. The Bertz CT molecular complexity index is 230. The summed E-state index contributed by atoms with van der Waals surface area (Å²) < 4.78 is 10.3. The van der Waals surface area contributed by atoms with Gasteiger partial charge in [0.25, 0.3) is 0 Å². The van der Waals surface area contributed by atoms with Gasteiger partial charge < -0.3 is 20.1 Å². The molecule has 0 heterocycles. The molecule has 0 unspecified atom stereocenters. The predicted molar refractivity (Wildman–Crippen MR) is 74.0 cm³/mol. The molecule has 1 aliphatic carbocycles. The Balaban J connectivity index is 2.00. The van der Waals surface area contributed by atoms with Gasteiger partial charge in [0, 0.05) is 33.4 Å². The van der Waals surface area contributed by atoms with E-state index in [9.17, 15) is 0 Å². The molecule has 2 N–H and O–H groups in total. The fourth-order valence-electron chi connectivity index (χ4n) is 1.49. The lowest BCUT2D eigenvalue weighted by Gasteiger charge is -2.11. The number of rotatable bonds is 10. The molecule has 1 rings (SSSR count). The van der Waals surface area contributed by atoms with Gasteiger partial charge in [-0.15, -0.1) is 0 Å². The molecule has 0 aromatic heterocycles. The monoisotopic (exact) mass is 257 g/mol. The summed E-state index contributed by atoms with van der Waals surface area (Å²) in [7, 11) is 1.68. The molecule has 0 saturated heterocycles. The molecule has 18 heavy (non-hydrogen) atoms. The summed E-state index contributed by atoms with van der Waals surface area (Å²) in [5, 5.41) is 6.58. The minimum absolute atomic E-state index is 0.666. The van der Waals surface area contributed by atoms with Gasteiger partial charge in [0.05, 0.1) is 13.2 Å². The minimum Gasteiger partial charge on any atom is -0.382 e.